The maximum Gasteiger partial charge on any atom is 0.361 e. The van der Waals surface area contributed by atoms with E-state index in [0.29, 0.717) is 5.52 Å². The molecule has 2 aromatic rings. The van der Waals surface area contributed by atoms with Gasteiger partial charge in [-0.2, -0.15) is 10.1 Å². The van der Waals surface area contributed by atoms with E-state index in [1.807, 2.05) is 19.1 Å². The van der Waals surface area contributed by atoms with E-state index < -0.39 is 5.69 Å². The van der Waals surface area contributed by atoms with Gasteiger partial charge in [-0.15, -0.1) is 0 Å². The topological polar surface area (TPSA) is 58.6 Å². The molecule has 0 aliphatic heterocycles. The van der Waals surface area contributed by atoms with Gasteiger partial charge in [-0.25, -0.2) is 9.89 Å². The molecule has 0 fully saturated rings. The van der Waals surface area contributed by atoms with Crippen molar-refractivity contribution in [2.24, 2.45) is 0 Å². The third-order valence-electron chi connectivity index (χ3n) is 1.70. The Morgan fingerprint density at radius 1 is 1.42 bits per heavy atom. The lowest BCUT2D eigenvalue weighted by molar-refractivity contribution is 0.958. The minimum atomic E-state index is -0.409. The van der Waals surface area contributed by atoms with Crippen LogP contribution < -0.4 is 5.69 Å². The van der Waals surface area contributed by atoms with Gasteiger partial charge in [0.15, 0.2) is 0 Å². The van der Waals surface area contributed by atoms with Crippen molar-refractivity contribution >= 4 is 11.0 Å². The average molecular weight is 161 g/mol. The molecule has 2 rings (SSSR count). The van der Waals surface area contributed by atoms with E-state index in [9.17, 15) is 4.79 Å². The van der Waals surface area contributed by atoms with Gasteiger partial charge >= 0.3 is 5.69 Å². The molecule has 0 saturated carbocycles. The molecule has 0 radical (unpaired) electrons. The Labute approximate surface area is 68.3 Å². The van der Waals surface area contributed by atoms with Crippen LogP contribution in [0.4, 0.5) is 0 Å². The molecular formula is C8H7N3O. The van der Waals surface area contributed by atoms with Crippen molar-refractivity contribution in [1.29, 1.82) is 0 Å². The zero-order valence-electron chi connectivity index (χ0n) is 6.53. The molecule has 0 spiro atoms. The molecule has 1 N–H and O–H groups in total. The SMILES string of the molecule is Cc1cccc2nc(=O)[nH]nc12. The lowest BCUT2D eigenvalue weighted by Gasteiger charge is -1.96. The second kappa shape index (κ2) is 2.41. The van der Waals surface area contributed by atoms with Crippen LogP contribution in [-0.2, 0) is 0 Å². The summed E-state index contributed by atoms with van der Waals surface area (Å²) >= 11 is 0. The Morgan fingerprint density at radius 2 is 2.25 bits per heavy atom. The fraction of sp³-hybridized carbons (Fsp3) is 0.125. The normalized spacial score (nSPS) is 10.4. The van der Waals surface area contributed by atoms with Crippen LogP contribution >= 0.6 is 0 Å². The number of para-hydroxylation sites is 1. The van der Waals surface area contributed by atoms with Crippen molar-refractivity contribution in [3.8, 4) is 0 Å². The fourth-order valence-electron chi connectivity index (χ4n) is 1.12. The molecule has 0 amide bonds. The molecule has 0 atom stereocenters. The highest BCUT2D eigenvalue weighted by atomic mass is 16.1. The Bertz CT molecular complexity index is 475. The minimum absolute atomic E-state index is 0.409. The maximum absolute atomic E-state index is 10.8. The van der Waals surface area contributed by atoms with E-state index in [-0.39, 0.29) is 0 Å². The van der Waals surface area contributed by atoms with E-state index in [2.05, 4.69) is 15.2 Å². The lowest BCUT2D eigenvalue weighted by atomic mass is 10.2. The molecule has 0 aliphatic rings. The van der Waals surface area contributed by atoms with Gasteiger partial charge < -0.3 is 0 Å². The van der Waals surface area contributed by atoms with Gasteiger partial charge in [0.25, 0.3) is 0 Å². The molecule has 4 heteroatoms. The van der Waals surface area contributed by atoms with Crippen LogP contribution in [0.25, 0.3) is 11.0 Å². The molecule has 0 aliphatic carbocycles. The first-order valence-corrected chi connectivity index (χ1v) is 3.59. The number of H-pyrrole nitrogens is 1. The number of hydrogen-bond donors (Lipinski definition) is 1. The second-order valence-electron chi connectivity index (χ2n) is 2.58. The zero-order chi connectivity index (χ0) is 8.55. The number of hydrogen-bond acceptors (Lipinski definition) is 3. The van der Waals surface area contributed by atoms with Gasteiger partial charge in [-0.3, -0.25) is 0 Å². The van der Waals surface area contributed by atoms with E-state index in [4.69, 9.17) is 0 Å². The molecule has 1 heterocycles. The zero-order valence-corrected chi connectivity index (χ0v) is 6.53. The van der Waals surface area contributed by atoms with E-state index in [0.717, 1.165) is 11.1 Å². The standard InChI is InChI=1S/C8H7N3O/c1-5-3-2-4-6-7(5)10-11-8(12)9-6/h2-4H,1H3,(H,9,11,12). The van der Waals surface area contributed by atoms with Crippen LogP contribution in [0.5, 0.6) is 0 Å². The van der Waals surface area contributed by atoms with Crippen molar-refractivity contribution in [3.05, 3.63) is 34.2 Å². The number of aromatic amines is 1. The summed E-state index contributed by atoms with van der Waals surface area (Å²) in [7, 11) is 0. The van der Waals surface area contributed by atoms with Gasteiger partial charge in [-0.1, -0.05) is 12.1 Å². The van der Waals surface area contributed by atoms with Crippen LogP contribution in [0.1, 0.15) is 5.56 Å². The number of rotatable bonds is 0. The van der Waals surface area contributed by atoms with Crippen molar-refractivity contribution in [2.75, 3.05) is 0 Å². The van der Waals surface area contributed by atoms with Crippen molar-refractivity contribution in [1.82, 2.24) is 15.2 Å². The molecular weight excluding hydrogens is 154 g/mol. The predicted octanol–water partition coefficient (Wildman–Crippen LogP) is 0.627. The predicted molar refractivity (Wildman–Crippen MR) is 44.9 cm³/mol. The number of fused-ring (bicyclic) bond motifs is 1. The maximum atomic E-state index is 10.8. The van der Waals surface area contributed by atoms with Gasteiger partial charge in [0.2, 0.25) is 0 Å². The van der Waals surface area contributed by atoms with Gasteiger partial charge in [-0.05, 0) is 18.6 Å². The molecule has 0 saturated heterocycles. The summed E-state index contributed by atoms with van der Waals surface area (Å²) in [5, 5.41) is 6.18. The summed E-state index contributed by atoms with van der Waals surface area (Å²) in [5.74, 6) is 0. The Kier molecular flexibility index (Phi) is 1.40. The number of benzene rings is 1. The molecule has 0 unspecified atom stereocenters. The highest BCUT2D eigenvalue weighted by Gasteiger charge is 1.98. The van der Waals surface area contributed by atoms with Crippen LogP contribution in [-0.4, -0.2) is 15.2 Å². The summed E-state index contributed by atoms with van der Waals surface area (Å²) in [6.45, 7) is 1.93. The minimum Gasteiger partial charge on any atom is -0.244 e. The first-order chi connectivity index (χ1) is 5.77. The van der Waals surface area contributed by atoms with Crippen LogP contribution in [0.3, 0.4) is 0 Å². The summed E-state index contributed by atoms with van der Waals surface area (Å²) in [4.78, 5) is 14.5. The highest BCUT2D eigenvalue weighted by Crippen LogP contribution is 2.09. The largest absolute Gasteiger partial charge is 0.361 e. The lowest BCUT2D eigenvalue weighted by Crippen LogP contribution is -2.11. The molecule has 4 nitrogen and oxygen atoms in total. The van der Waals surface area contributed by atoms with Crippen molar-refractivity contribution < 1.29 is 0 Å². The first-order valence-electron chi connectivity index (χ1n) is 3.59. The Balaban J connectivity index is 2.96. The number of aromatic nitrogens is 3. The first kappa shape index (κ1) is 6.97. The third-order valence-corrected chi connectivity index (χ3v) is 1.70. The summed E-state index contributed by atoms with van der Waals surface area (Å²) in [6.07, 6.45) is 0. The molecule has 60 valence electrons. The summed E-state index contributed by atoms with van der Waals surface area (Å²) in [6, 6.07) is 5.55. The summed E-state index contributed by atoms with van der Waals surface area (Å²) < 4.78 is 0. The van der Waals surface area contributed by atoms with Crippen LogP contribution in [0, 0.1) is 6.92 Å². The van der Waals surface area contributed by atoms with Crippen LogP contribution in [0.2, 0.25) is 0 Å². The monoisotopic (exact) mass is 161 g/mol. The summed E-state index contributed by atoms with van der Waals surface area (Å²) in [5.41, 5.74) is 1.99. The van der Waals surface area contributed by atoms with Gasteiger partial charge in [0.1, 0.15) is 5.52 Å². The molecule has 12 heavy (non-hydrogen) atoms. The van der Waals surface area contributed by atoms with Gasteiger partial charge in [0, 0.05) is 0 Å². The highest BCUT2D eigenvalue weighted by molar-refractivity contribution is 5.76. The van der Waals surface area contributed by atoms with Crippen LogP contribution in [0.15, 0.2) is 23.0 Å². The Hall–Kier alpha value is -1.71. The van der Waals surface area contributed by atoms with Gasteiger partial charge in [0.05, 0.1) is 5.52 Å². The molecule has 1 aromatic heterocycles. The smallest absolute Gasteiger partial charge is 0.244 e. The van der Waals surface area contributed by atoms with E-state index in [1.165, 1.54) is 0 Å². The van der Waals surface area contributed by atoms with Crippen molar-refractivity contribution in [3.63, 3.8) is 0 Å². The quantitative estimate of drug-likeness (QED) is 0.616. The van der Waals surface area contributed by atoms with E-state index in [1.54, 1.807) is 6.07 Å². The number of aryl methyl sites for hydroxylation is 1. The van der Waals surface area contributed by atoms with Crippen molar-refractivity contribution in [2.45, 2.75) is 6.92 Å². The molecule has 0 bridgehead atoms. The number of nitrogens with zero attached hydrogens (tertiary/aromatic N) is 2. The second-order valence-corrected chi connectivity index (χ2v) is 2.58. The average Bonchev–Trinajstić information content (AvgIpc) is 2.04. The fourth-order valence-corrected chi connectivity index (χ4v) is 1.12. The number of nitrogens with one attached hydrogen (secondary N) is 1. The third kappa shape index (κ3) is 0.972. The Morgan fingerprint density at radius 3 is 3.08 bits per heavy atom. The van der Waals surface area contributed by atoms with E-state index >= 15 is 0 Å². The molecule has 1 aromatic carbocycles.